The van der Waals surface area contributed by atoms with E-state index in [1.165, 1.54) is 12.3 Å². The summed E-state index contributed by atoms with van der Waals surface area (Å²) < 4.78 is 11.4. The number of rotatable bonds is 4. The Morgan fingerprint density at radius 2 is 2.04 bits per heavy atom. The SMILES string of the molecule is CCCC1=CC(=O)OC2C1=CC(C)(C)C1OC=C(O)C(C(=O)C(C)C)=C21. The molecule has 0 spiro atoms. The summed E-state index contributed by atoms with van der Waals surface area (Å²) in [6.07, 6.45) is 5.32. The number of hydrogen-bond donors (Lipinski definition) is 1. The summed E-state index contributed by atoms with van der Waals surface area (Å²) in [6.45, 7) is 9.67. The summed E-state index contributed by atoms with van der Waals surface area (Å²) in [5.41, 5.74) is 2.19. The second kappa shape index (κ2) is 6.45. The normalized spacial score (nSPS) is 26.8. The maximum atomic E-state index is 12.8. The molecule has 2 aliphatic heterocycles. The summed E-state index contributed by atoms with van der Waals surface area (Å²) >= 11 is 0. The quantitative estimate of drug-likeness (QED) is 0.771. The fourth-order valence-corrected chi connectivity index (χ4v) is 3.91. The van der Waals surface area contributed by atoms with E-state index in [0.717, 1.165) is 24.0 Å². The average molecular weight is 358 g/mol. The van der Waals surface area contributed by atoms with Gasteiger partial charge in [-0.1, -0.05) is 47.1 Å². The topological polar surface area (TPSA) is 72.8 Å². The van der Waals surface area contributed by atoms with Crippen molar-refractivity contribution in [1.82, 2.24) is 0 Å². The molecule has 5 nitrogen and oxygen atoms in total. The molecule has 0 aromatic heterocycles. The number of aliphatic hydroxyl groups excluding tert-OH is 1. The first-order valence-corrected chi connectivity index (χ1v) is 9.15. The fourth-order valence-electron chi connectivity index (χ4n) is 3.91. The second-order valence-electron chi connectivity index (χ2n) is 8.03. The van der Waals surface area contributed by atoms with Crippen molar-refractivity contribution in [2.45, 2.75) is 59.7 Å². The van der Waals surface area contributed by atoms with Crippen LogP contribution in [0.4, 0.5) is 0 Å². The Kier molecular flexibility index (Phi) is 4.59. The molecule has 0 amide bonds. The first-order chi connectivity index (χ1) is 12.2. The number of carbonyl (C=O) groups is 2. The Hall–Kier alpha value is -2.30. The minimum Gasteiger partial charge on any atom is -0.504 e. The third-order valence-corrected chi connectivity index (χ3v) is 5.10. The molecule has 0 aromatic carbocycles. The highest BCUT2D eigenvalue weighted by Gasteiger charge is 2.49. The van der Waals surface area contributed by atoms with Gasteiger partial charge < -0.3 is 14.6 Å². The van der Waals surface area contributed by atoms with Crippen LogP contribution in [0.15, 0.2) is 46.5 Å². The van der Waals surface area contributed by atoms with Crippen LogP contribution in [0.25, 0.3) is 0 Å². The molecular weight excluding hydrogens is 332 g/mol. The van der Waals surface area contributed by atoms with E-state index in [9.17, 15) is 14.7 Å². The Morgan fingerprint density at radius 3 is 2.65 bits per heavy atom. The Morgan fingerprint density at radius 1 is 1.35 bits per heavy atom. The van der Waals surface area contributed by atoms with Crippen molar-refractivity contribution >= 4 is 11.8 Å². The van der Waals surface area contributed by atoms with E-state index in [0.29, 0.717) is 5.57 Å². The van der Waals surface area contributed by atoms with E-state index in [1.807, 2.05) is 13.8 Å². The Bertz CT molecular complexity index is 776. The van der Waals surface area contributed by atoms with Gasteiger partial charge in [-0.3, -0.25) is 4.79 Å². The van der Waals surface area contributed by atoms with Gasteiger partial charge in [0.2, 0.25) is 0 Å². The zero-order chi connectivity index (χ0) is 19.2. The maximum absolute atomic E-state index is 12.8. The van der Waals surface area contributed by atoms with Crippen molar-refractivity contribution in [2.24, 2.45) is 11.3 Å². The molecule has 0 bridgehead atoms. The Balaban J connectivity index is 2.25. The number of ether oxygens (including phenoxy) is 2. The lowest BCUT2D eigenvalue weighted by Gasteiger charge is -2.45. The van der Waals surface area contributed by atoms with Gasteiger partial charge in [0, 0.05) is 23.0 Å². The number of carbonyl (C=O) groups excluding carboxylic acids is 2. The van der Waals surface area contributed by atoms with E-state index < -0.39 is 23.6 Å². The minimum atomic E-state index is -0.694. The average Bonchev–Trinajstić information content (AvgIpc) is 2.55. The summed E-state index contributed by atoms with van der Waals surface area (Å²) in [5.74, 6) is -1.10. The highest BCUT2D eigenvalue weighted by Crippen LogP contribution is 2.48. The molecule has 0 fully saturated rings. The summed E-state index contributed by atoms with van der Waals surface area (Å²) in [7, 11) is 0. The number of aliphatic hydroxyl groups is 1. The third-order valence-electron chi connectivity index (χ3n) is 5.10. The second-order valence-corrected chi connectivity index (χ2v) is 8.03. The highest BCUT2D eigenvalue weighted by atomic mass is 16.5. The van der Waals surface area contributed by atoms with Crippen molar-refractivity contribution in [3.63, 3.8) is 0 Å². The lowest BCUT2D eigenvalue weighted by molar-refractivity contribution is -0.142. The molecule has 0 aromatic rings. The predicted molar refractivity (Wildman–Crippen MR) is 97.2 cm³/mol. The predicted octanol–water partition coefficient (Wildman–Crippen LogP) is 3.92. The molecule has 3 rings (SSSR count). The molecule has 0 saturated heterocycles. The van der Waals surface area contributed by atoms with Crippen LogP contribution in [0.2, 0.25) is 0 Å². The van der Waals surface area contributed by atoms with Crippen molar-refractivity contribution in [2.75, 3.05) is 0 Å². The highest BCUT2D eigenvalue weighted by molar-refractivity contribution is 6.02. The molecule has 5 heteroatoms. The van der Waals surface area contributed by atoms with Gasteiger partial charge in [0.1, 0.15) is 12.4 Å². The number of hydrogen-bond acceptors (Lipinski definition) is 5. The summed E-state index contributed by atoms with van der Waals surface area (Å²) in [6, 6.07) is 0. The molecule has 1 aliphatic carbocycles. The molecule has 0 radical (unpaired) electrons. The van der Waals surface area contributed by atoms with E-state index in [-0.39, 0.29) is 23.0 Å². The maximum Gasteiger partial charge on any atom is 0.331 e. The number of fused-ring (bicyclic) bond motifs is 3. The number of ketones is 1. The smallest absolute Gasteiger partial charge is 0.331 e. The van der Waals surface area contributed by atoms with Gasteiger partial charge in [0.25, 0.3) is 0 Å². The number of allylic oxidation sites excluding steroid dienone is 1. The zero-order valence-electron chi connectivity index (χ0n) is 16.0. The number of Topliss-reactive ketones (excluding diaryl/α,β-unsaturated/α-hetero) is 1. The van der Waals surface area contributed by atoms with Crippen molar-refractivity contribution in [3.8, 4) is 0 Å². The fraction of sp³-hybridized carbons (Fsp3) is 0.524. The molecule has 2 heterocycles. The summed E-state index contributed by atoms with van der Waals surface area (Å²) in [4.78, 5) is 25.0. The van der Waals surface area contributed by atoms with E-state index in [1.54, 1.807) is 13.8 Å². The molecule has 3 aliphatic rings. The molecule has 1 N–H and O–H groups in total. The van der Waals surface area contributed by atoms with E-state index in [4.69, 9.17) is 9.47 Å². The molecule has 0 saturated carbocycles. The van der Waals surface area contributed by atoms with Crippen LogP contribution in [-0.2, 0) is 19.1 Å². The Labute approximate surface area is 154 Å². The zero-order valence-corrected chi connectivity index (χ0v) is 16.0. The van der Waals surface area contributed by atoms with Crippen LogP contribution >= 0.6 is 0 Å². The van der Waals surface area contributed by atoms with E-state index >= 15 is 0 Å². The van der Waals surface area contributed by atoms with Gasteiger partial charge >= 0.3 is 5.97 Å². The van der Waals surface area contributed by atoms with Crippen molar-refractivity contribution < 1.29 is 24.2 Å². The third kappa shape index (κ3) is 2.89. The standard InChI is InChI=1S/C21H26O5/c1-6-7-12-8-15(23)26-19-13(12)9-21(4,5)20-17(19)16(14(22)10-25-20)18(24)11(2)3/h8-11,19-20,22H,6-7H2,1-5H3. The van der Waals surface area contributed by atoms with Gasteiger partial charge in [-0.2, -0.15) is 0 Å². The molecule has 26 heavy (non-hydrogen) atoms. The first-order valence-electron chi connectivity index (χ1n) is 9.15. The van der Waals surface area contributed by atoms with Crippen molar-refractivity contribution in [1.29, 1.82) is 0 Å². The lowest BCUT2D eigenvalue weighted by Crippen LogP contribution is -2.47. The largest absolute Gasteiger partial charge is 0.504 e. The lowest BCUT2D eigenvalue weighted by atomic mass is 9.68. The van der Waals surface area contributed by atoms with Gasteiger partial charge in [-0.15, -0.1) is 0 Å². The number of esters is 1. The van der Waals surface area contributed by atoms with Gasteiger partial charge in [-0.05, 0) is 17.6 Å². The van der Waals surface area contributed by atoms with Crippen molar-refractivity contribution in [3.05, 3.63) is 46.5 Å². The minimum absolute atomic E-state index is 0.179. The van der Waals surface area contributed by atoms with Crippen LogP contribution < -0.4 is 0 Å². The molecule has 140 valence electrons. The van der Waals surface area contributed by atoms with Gasteiger partial charge in [0.05, 0.1) is 5.57 Å². The molecule has 2 atom stereocenters. The van der Waals surface area contributed by atoms with E-state index in [2.05, 4.69) is 13.0 Å². The van der Waals surface area contributed by atoms with Gasteiger partial charge in [-0.25, -0.2) is 4.79 Å². The van der Waals surface area contributed by atoms with Crippen LogP contribution in [-0.4, -0.2) is 29.1 Å². The van der Waals surface area contributed by atoms with Crippen LogP contribution in [0.3, 0.4) is 0 Å². The molecule has 2 unspecified atom stereocenters. The monoisotopic (exact) mass is 358 g/mol. The van der Waals surface area contributed by atoms with Crippen LogP contribution in [0, 0.1) is 11.3 Å². The first kappa shape index (κ1) is 18.5. The molecular formula is C21H26O5. The van der Waals surface area contributed by atoms with Gasteiger partial charge in [0.15, 0.2) is 17.6 Å². The van der Waals surface area contributed by atoms with Crippen LogP contribution in [0.1, 0.15) is 47.5 Å². The van der Waals surface area contributed by atoms with Crippen LogP contribution in [0.5, 0.6) is 0 Å². The summed E-state index contributed by atoms with van der Waals surface area (Å²) in [5, 5.41) is 10.4.